The molecule has 0 atom stereocenters. The lowest BCUT2D eigenvalue weighted by Gasteiger charge is -2.09. The molecule has 2 rings (SSSR count). The van der Waals surface area contributed by atoms with E-state index in [4.69, 9.17) is 14.2 Å². The molecule has 0 saturated carbocycles. The fourth-order valence-corrected chi connectivity index (χ4v) is 1.79. The van der Waals surface area contributed by atoms with Gasteiger partial charge in [0.1, 0.15) is 11.5 Å². The normalized spacial score (nSPS) is 10.2. The van der Waals surface area contributed by atoms with Crippen molar-refractivity contribution in [1.82, 2.24) is 0 Å². The first kappa shape index (κ1) is 15.2. The summed E-state index contributed by atoms with van der Waals surface area (Å²) >= 11 is 0. The van der Waals surface area contributed by atoms with Gasteiger partial charge in [0, 0.05) is 6.42 Å². The van der Waals surface area contributed by atoms with Crippen LogP contribution in [0.1, 0.15) is 13.3 Å². The van der Waals surface area contributed by atoms with Gasteiger partial charge in [-0.3, -0.25) is 0 Å². The molecule has 0 N–H and O–H groups in total. The van der Waals surface area contributed by atoms with Crippen molar-refractivity contribution in [2.45, 2.75) is 13.3 Å². The third kappa shape index (κ3) is 4.99. The third-order valence-electron chi connectivity index (χ3n) is 2.79. The molecule has 0 fully saturated rings. The van der Waals surface area contributed by atoms with Crippen LogP contribution in [0.25, 0.3) is 0 Å². The fourth-order valence-electron chi connectivity index (χ4n) is 1.79. The molecule has 0 unspecified atom stereocenters. The van der Waals surface area contributed by atoms with Gasteiger partial charge in [-0.2, -0.15) is 0 Å². The molecular formula is C17H19FO3. The highest BCUT2D eigenvalue weighted by Crippen LogP contribution is 2.18. The molecule has 0 aliphatic carbocycles. The van der Waals surface area contributed by atoms with Gasteiger partial charge in [0.05, 0.1) is 19.8 Å². The molecule has 0 amide bonds. The van der Waals surface area contributed by atoms with E-state index in [1.165, 1.54) is 6.07 Å². The lowest BCUT2D eigenvalue weighted by atomic mass is 10.3. The molecule has 0 aliphatic heterocycles. The van der Waals surface area contributed by atoms with Crippen LogP contribution in [0.5, 0.6) is 17.2 Å². The fraction of sp³-hybridized carbons (Fsp3) is 0.294. The average molecular weight is 290 g/mol. The van der Waals surface area contributed by atoms with Gasteiger partial charge in [-0.25, -0.2) is 4.39 Å². The monoisotopic (exact) mass is 290 g/mol. The summed E-state index contributed by atoms with van der Waals surface area (Å²) in [5.74, 6) is 1.54. The summed E-state index contributed by atoms with van der Waals surface area (Å²) in [4.78, 5) is 0. The molecule has 2 aromatic carbocycles. The van der Waals surface area contributed by atoms with Gasteiger partial charge in [-0.15, -0.1) is 0 Å². The predicted octanol–water partition coefficient (Wildman–Crippen LogP) is 4.07. The van der Waals surface area contributed by atoms with Crippen LogP contribution >= 0.6 is 0 Å². The highest BCUT2D eigenvalue weighted by molar-refractivity contribution is 5.31. The summed E-state index contributed by atoms with van der Waals surface area (Å²) in [6, 6.07) is 13.8. The molecule has 0 radical (unpaired) electrons. The Balaban J connectivity index is 1.66. The van der Waals surface area contributed by atoms with Crippen LogP contribution in [0.15, 0.2) is 48.5 Å². The number of hydrogen-bond acceptors (Lipinski definition) is 3. The van der Waals surface area contributed by atoms with E-state index in [9.17, 15) is 4.39 Å². The summed E-state index contributed by atoms with van der Waals surface area (Å²) in [6.07, 6.45) is 0.682. The Morgan fingerprint density at radius 3 is 2.10 bits per heavy atom. The van der Waals surface area contributed by atoms with Gasteiger partial charge in [0.25, 0.3) is 0 Å². The van der Waals surface area contributed by atoms with Crippen molar-refractivity contribution >= 4 is 0 Å². The van der Waals surface area contributed by atoms with Crippen LogP contribution in [0, 0.1) is 5.82 Å². The first-order chi connectivity index (χ1) is 10.3. The molecule has 0 aliphatic rings. The first-order valence-electron chi connectivity index (χ1n) is 7.02. The van der Waals surface area contributed by atoms with Gasteiger partial charge in [0.15, 0.2) is 11.6 Å². The second-order valence-electron chi connectivity index (χ2n) is 4.39. The number of para-hydroxylation sites is 1. The van der Waals surface area contributed by atoms with Gasteiger partial charge in [0.2, 0.25) is 0 Å². The van der Waals surface area contributed by atoms with Crippen molar-refractivity contribution < 1.29 is 18.6 Å². The van der Waals surface area contributed by atoms with E-state index in [2.05, 4.69) is 0 Å². The van der Waals surface area contributed by atoms with E-state index >= 15 is 0 Å². The SMILES string of the molecule is CCOc1ccc(OCCCOc2ccccc2F)cc1. The molecule has 2 aromatic rings. The lowest BCUT2D eigenvalue weighted by molar-refractivity contribution is 0.241. The van der Waals surface area contributed by atoms with E-state index in [-0.39, 0.29) is 11.6 Å². The Morgan fingerprint density at radius 1 is 0.810 bits per heavy atom. The lowest BCUT2D eigenvalue weighted by Crippen LogP contribution is -2.05. The van der Waals surface area contributed by atoms with Gasteiger partial charge in [-0.05, 0) is 43.3 Å². The molecule has 21 heavy (non-hydrogen) atoms. The molecule has 112 valence electrons. The standard InChI is InChI=1S/C17H19FO3/c1-2-19-14-8-10-15(11-9-14)20-12-5-13-21-17-7-4-3-6-16(17)18/h3-4,6-11H,2,5,12-13H2,1H3. The average Bonchev–Trinajstić information content (AvgIpc) is 2.51. The second-order valence-corrected chi connectivity index (χ2v) is 4.39. The van der Waals surface area contributed by atoms with Crippen molar-refractivity contribution in [1.29, 1.82) is 0 Å². The Hall–Kier alpha value is -2.23. The van der Waals surface area contributed by atoms with Crippen molar-refractivity contribution in [3.05, 3.63) is 54.3 Å². The van der Waals surface area contributed by atoms with E-state index < -0.39 is 0 Å². The minimum absolute atomic E-state index is 0.276. The Morgan fingerprint density at radius 2 is 1.43 bits per heavy atom. The number of halogens is 1. The zero-order chi connectivity index (χ0) is 14.9. The summed E-state index contributed by atoms with van der Waals surface area (Å²) in [5.41, 5.74) is 0. The Kier molecular flexibility index (Phi) is 5.88. The molecule has 0 bridgehead atoms. The molecule has 4 heteroatoms. The van der Waals surface area contributed by atoms with Gasteiger partial charge >= 0.3 is 0 Å². The van der Waals surface area contributed by atoms with Crippen molar-refractivity contribution in [3.63, 3.8) is 0 Å². The highest BCUT2D eigenvalue weighted by atomic mass is 19.1. The molecular weight excluding hydrogens is 271 g/mol. The number of ether oxygens (including phenoxy) is 3. The summed E-state index contributed by atoms with van der Waals surface area (Å²) in [5, 5.41) is 0. The zero-order valence-corrected chi connectivity index (χ0v) is 12.0. The van der Waals surface area contributed by atoms with E-state index in [0.717, 1.165) is 11.5 Å². The quantitative estimate of drug-likeness (QED) is 0.686. The maximum Gasteiger partial charge on any atom is 0.165 e. The van der Waals surface area contributed by atoms with Crippen molar-refractivity contribution in [3.8, 4) is 17.2 Å². The Labute approximate surface area is 124 Å². The number of hydrogen-bond donors (Lipinski definition) is 0. The van der Waals surface area contributed by atoms with E-state index in [1.807, 2.05) is 31.2 Å². The van der Waals surface area contributed by atoms with Crippen LogP contribution < -0.4 is 14.2 Å². The minimum atomic E-state index is -0.343. The molecule has 0 saturated heterocycles. The van der Waals surface area contributed by atoms with E-state index in [0.29, 0.717) is 26.2 Å². The predicted molar refractivity (Wildman–Crippen MR) is 79.6 cm³/mol. The Bertz CT molecular complexity index is 540. The second kappa shape index (κ2) is 8.15. The maximum atomic E-state index is 13.3. The molecule has 0 spiro atoms. The summed E-state index contributed by atoms with van der Waals surface area (Å²) in [7, 11) is 0. The van der Waals surface area contributed by atoms with Gasteiger partial charge < -0.3 is 14.2 Å². The van der Waals surface area contributed by atoms with Crippen LogP contribution in [-0.2, 0) is 0 Å². The molecule has 0 aromatic heterocycles. The van der Waals surface area contributed by atoms with Crippen LogP contribution in [0.2, 0.25) is 0 Å². The van der Waals surface area contributed by atoms with Crippen LogP contribution in [-0.4, -0.2) is 19.8 Å². The first-order valence-corrected chi connectivity index (χ1v) is 7.02. The number of benzene rings is 2. The smallest absolute Gasteiger partial charge is 0.165 e. The summed E-state index contributed by atoms with van der Waals surface area (Å²) in [6.45, 7) is 3.52. The van der Waals surface area contributed by atoms with Crippen molar-refractivity contribution in [2.24, 2.45) is 0 Å². The van der Waals surface area contributed by atoms with Crippen LogP contribution in [0.4, 0.5) is 4.39 Å². The van der Waals surface area contributed by atoms with Crippen LogP contribution in [0.3, 0.4) is 0 Å². The highest BCUT2D eigenvalue weighted by Gasteiger charge is 2.01. The minimum Gasteiger partial charge on any atom is -0.494 e. The maximum absolute atomic E-state index is 13.3. The van der Waals surface area contributed by atoms with Crippen molar-refractivity contribution in [2.75, 3.05) is 19.8 Å². The molecule has 0 heterocycles. The number of rotatable bonds is 8. The zero-order valence-electron chi connectivity index (χ0n) is 12.0. The topological polar surface area (TPSA) is 27.7 Å². The largest absolute Gasteiger partial charge is 0.494 e. The van der Waals surface area contributed by atoms with Gasteiger partial charge in [-0.1, -0.05) is 12.1 Å². The summed E-state index contributed by atoms with van der Waals surface area (Å²) < 4.78 is 29.6. The molecule has 3 nitrogen and oxygen atoms in total. The third-order valence-corrected chi connectivity index (χ3v) is 2.79. The van der Waals surface area contributed by atoms with E-state index in [1.54, 1.807) is 18.2 Å².